The highest BCUT2D eigenvalue weighted by Gasteiger charge is 2.29. The SMILES string of the molecule is CCN(CC(O)C(Cc1ccccc1)NC(=O)c1cc(N2CCCCC2)cc(N2CCCCC2=O)c1)C(=O)NC1CCCCC1. The largest absolute Gasteiger partial charge is 0.389 e. The number of hydrogen-bond donors (Lipinski definition) is 3. The molecule has 2 saturated heterocycles. The van der Waals surface area contributed by atoms with E-state index in [9.17, 15) is 19.5 Å². The van der Waals surface area contributed by atoms with E-state index in [4.69, 9.17) is 0 Å². The van der Waals surface area contributed by atoms with Crippen molar-refractivity contribution in [1.29, 1.82) is 0 Å². The predicted molar refractivity (Wildman–Crippen MR) is 179 cm³/mol. The van der Waals surface area contributed by atoms with Gasteiger partial charge < -0.3 is 30.4 Å². The summed E-state index contributed by atoms with van der Waals surface area (Å²) in [5.41, 5.74) is 3.16. The maximum atomic E-state index is 14.0. The molecule has 3 aliphatic rings. The predicted octanol–water partition coefficient (Wildman–Crippen LogP) is 5.26. The molecule has 0 bridgehead atoms. The molecule has 0 radical (unpaired) electrons. The van der Waals surface area contributed by atoms with E-state index in [-0.39, 0.29) is 30.4 Å². The van der Waals surface area contributed by atoms with Crippen molar-refractivity contribution in [1.82, 2.24) is 15.5 Å². The summed E-state index contributed by atoms with van der Waals surface area (Å²) in [6, 6.07) is 14.9. The Morgan fingerprint density at radius 3 is 2.31 bits per heavy atom. The van der Waals surface area contributed by atoms with Crippen molar-refractivity contribution in [2.45, 2.75) is 102 Å². The van der Waals surface area contributed by atoms with Gasteiger partial charge in [-0.25, -0.2) is 4.79 Å². The zero-order chi connectivity index (χ0) is 31.6. The van der Waals surface area contributed by atoms with Crippen LogP contribution in [0.25, 0.3) is 0 Å². The Morgan fingerprint density at radius 2 is 1.60 bits per heavy atom. The lowest BCUT2D eigenvalue weighted by Gasteiger charge is -2.33. The Bertz CT molecular complexity index is 1280. The minimum Gasteiger partial charge on any atom is -0.389 e. The van der Waals surface area contributed by atoms with Gasteiger partial charge in [0.2, 0.25) is 5.91 Å². The molecule has 9 nitrogen and oxygen atoms in total. The zero-order valence-electron chi connectivity index (χ0n) is 26.9. The van der Waals surface area contributed by atoms with E-state index in [2.05, 4.69) is 15.5 Å². The number of anilines is 2. The number of piperidine rings is 2. The number of urea groups is 1. The van der Waals surface area contributed by atoms with Crippen LogP contribution in [0.2, 0.25) is 0 Å². The van der Waals surface area contributed by atoms with Gasteiger partial charge >= 0.3 is 6.03 Å². The van der Waals surface area contributed by atoms with E-state index >= 15 is 0 Å². The van der Waals surface area contributed by atoms with Gasteiger partial charge in [0, 0.05) is 55.6 Å². The fraction of sp³-hybridized carbons (Fsp3) is 0.583. The van der Waals surface area contributed by atoms with Crippen LogP contribution in [0.5, 0.6) is 0 Å². The van der Waals surface area contributed by atoms with Crippen LogP contribution in [0.3, 0.4) is 0 Å². The molecule has 0 spiro atoms. The Balaban J connectivity index is 1.36. The van der Waals surface area contributed by atoms with Gasteiger partial charge in [0.05, 0.1) is 18.7 Å². The highest BCUT2D eigenvalue weighted by molar-refractivity contribution is 6.00. The first-order valence-electron chi connectivity index (χ1n) is 17.2. The molecule has 45 heavy (non-hydrogen) atoms. The van der Waals surface area contributed by atoms with Crippen LogP contribution >= 0.6 is 0 Å². The van der Waals surface area contributed by atoms with Crippen LogP contribution in [0.1, 0.15) is 93.5 Å². The summed E-state index contributed by atoms with van der Waals surface area (Å²) in [5, 5.41) is 17.9. The average molecular weight is 618 g/mol. The second kappa shape index (κ2) is 16.1. The Labute approximate surface area is 268 Å². The molecule has 2 aromatic carbocycles. The third-order valence-electron chi connectivity index (χ3n) is 9.61. The van der Waals surface area contributed by atoms with Gasteiger partial charge in [-0.2, -0.15) is 0 Å². The number of amides is 4. The van der Waals surface area contributed by atoms with E-state index in [0.717, 1.165) is 81.4 Å². The standard InChI is InChI=1S/C36H51N5O4/c1-2-39(36(45)37-29-16-8-4-9-17-29)26-33(42)32(22-27-14-6-3-7-15-27)38-35(44)28-23-30(40-19-11-5-12-20-40)25-31(24-28)41-21-13-10-18-34(41)43/h3,6-7,14-15,23-25,29,32-33,42H,2,4-5,8-13,16-22,26H2,1H3,(H,37,45)(H,38,44). The number of aliphatic hydroxyl groups is 1. The molecule has 5 rings (SSSR count). The molecule has 0 aromatic heterocycles. The first-order chi connectivity index (χ1) is 21.9. The Morgan fingerprint density at radius 1 is 0.911 bits per heavy atom. The molecule has 2 unspecified atom stereocenters. The number of aliphatic hydroxyl groups excluding tert-OH is 1. The first kappa shape index (κ1) is 32.8. The molecule has 2 heterocycles. The molecule has 2 atom stereocenters. The fourth-order valence-electron chi connectivity index (χ4n) is 6.92. The van der Waals surface area contributed by atoms with Gasteiger partial charge in [-0.3, -0.25) is 9.59 Å². The number of carbonyl (C=O) groups excluding carboxylic acids is 3. The van der Waals surface area contributed by atoms with Gasteiger partial charge in [-0.15, -0.1) is 0 Å². The molecule has 9 heteroatoms. The number of carbonyl (C=O) groups is 3. The number of nitrogens with one attached hydrogen (secondary N) is 2. The van der Waals surface area contributed by atoms with Gasteiger partial charge in [0.15, 0.2) is 0 Å². The summed E-state index contributed by atoms with van der Waals surface area (Å²) in [7, 11) is 0. The van der Waals surface area contributed by atoms with Crippen molar-refractivity contribution in [3.63, 3.8) is 0 Å². The first-order valence-corrected chi connectivity index (χ1v) is 17.2. The maximum absolute atomic E-state index is 14.0. The normalized spacial score (nSPS) is 19.1. The van der Waals surface area contributed by atoms with E-state index < -0.39 is 12.1 Å². The number of hydrogen-bond acceptors (Lipinski definition) is 5. The van der Waals surface area contributed by atoms with Gasteiger partial charge in [-0.05, 0) is 82.1 Å². The topological polar surface area (TPSA) is 105 Å². The molecule has 1 saturated carbocycles. The van der Waals surface area contributed by atoms with Crippen molar-refractivity contribution in [2.24, 2.45) is 0 Å². The number of likely N-dealkylation sites (N-methyl/N-ethyl adjacent to an activating group) is 1. The lowest BCUT2D eigenvalue weighted by molar-refractivity contribution is -0.119. The zero-order valence-corrected chi connectivity index (χ0v) is 26.9. The minimum atomic E-state index is -0.986. The molecular formula is C36H51N5O4. The molecule has 3 N–H and O–H groups in total. The van der Waals surface area contributed by atoms with Crippen LogP contribution in [0, 0.1) is 0 Å². The van der Waals surface area contributed by atoms with E-state index in [1.165, 1.54) is 12.8 Å². The van der Waals surface area contributed by atoms with Crippen molar-refractivity contribution in [3.05, 3.63) is 59.7 Å². The summed E-state index contributed by atoms with van der Waals surface area (Å²) in [6.45, 7) is 4.95. The average Bonchev–Trinajstić information content (AvgIpc) is 3.08. The Hall–Kier alpha value is -3.59. The third-order valence-corrected chi connectivity index (χ3v) is 9.61. The van der Waals surface area contributed by atoms with Gasteiger partial charge in [0.1, 0.15) is 0 Å². The van der Waals surface area contributed by atoms with Crippen LogP contribution in [0.15, 0.2) is 48.5 Å². The highest BCUT2D eigenvalue weighted by Crippen LogP contribution is 2.30. The summed E-state index contributed by atoms with van der Waals surface area (Å²) >= 11 is 0. The van der Waals surface area contributed by atoms with Crippen molar-refractivity contribution in [2.75, 3.05) is 42.5 Å². The van der Waals surface area contributed by atoms with Crippen LogP contribution < -0.4 is 20.4 Å². The van der Waals surface area contributed by atoms with Gasteiger partial charge in [0.25, 0.3) is 5.91 Å². The smallest absolute Gasteiger partial charge is 0.317 e. The van der Waals surface area contributed by atoms with E-state index in [1.54, 1.807) is 4.90 Å². The molecule has 2 aliphatic heterocycles. The summed E-state index contributed by atoms with van der Waals surface area (Å²) in [5.74, 6) is -0.207. The van der Waals surface area contributed by atoms with Crippen molar-refractivity contribution < 1.29 is 19.5 Å². The number of benzene rings is 2. The third kappa shape index (κ3) is 9.00. The lowest BCUT2D eigenvalue weighted by atomic mass is 9.96. The second-order valence-electron chi connectivity index (χ2n) is 12.9. The van der Waals surface area contributed by atoms with E-state index in [1.807, 2.05) is 60.4 Å². The molecule has 1 aliphatic carbocycles. The summed E-state index contributed by atoms with van der Waals surface area (Å²) < 4.78 is 0. The number of nitrogens with zero attached hydrogens (tertiary/aromatic N) is 3. The molecule has 3 fully saturated rings. The summed E-state index contributed by atoms with van der Waals surface area (Å²) in [6.07, 6.45) is 10.6. The maximum Gasteiger partial charge on any atom is 0.317 e. The monoisotopic (exact) mass is 617 g/mol. The fourth-order valence-corrected chi connectivity index (χ4v) is 6.92. The molecule has 2 aromatic rings. The lowest BCUT2D eigenvalue weighted by Crippen LogP contribution is -2.53. The van der Waals surface area contributed by atoms with Crippen LogP contribution in [-0.2, 0) is 11.2 Å². The molecular weight excluding hydrogens is 566 g/mol. The molecule has 4 amide bonds. The quantitative estimate of drug-likeness (QED) is 0.319. The van der Waals surface area contributed by atoms with Crippen LogP contribution in [-0.4, -0.2) is 78.8 Å². The summed E-state index contributed by atoms with van der Waals surface area (Å²) in [4.78, 5) is 45.8. The minimum absolute atomic E-state index is 0.0898. The Kier molecular flexibility index (Phi) is 11.7. The van der Waals surface area contributed by atoms with Crippen molar-refractivity contribution in [3.8, 4) is 0 Å². The van der Waals surface area contributed by atoms with Crippen molar-refractivity contribution >= 4 is 29.2 Å². The molecule has 244 valence electrons. The number of rotatable bonds is 11. The van der Waals surface area contributed by atoms with Crippen LogP contribution in [0.4, 0.5) is 16.2 Å². The van der Waals surface area contributed by atoms with E-state index in [0.29, 0.717) is 31.5 Å². The van der Waals surface area contributed by atoms with Gasteiger partial charge in [-0.1, -0.05) is 49.6 Å². The second-order valence-corrected chi connectivity index (χ2v) is 12.9. The highest BCUT2D eigenvalue weighted by atomic mass is 16.3.